The maximum Gasteiger partial charge on any atom is 0.264 e. The number of aliphatic imine (C=N–C) groups is 1. The number of ketones is 1. The predicted molar refractivity (Wildman–Crippen MR) is 115 cm³/mol. The molecule has 1 unspecified atom stereocenters. The van der Waals surface area contributed by atoms with E-state index in [1.165, 1.54) is 4.90 Å². The van der Waals surface area contributed by atoms with Crippen LogP contribution in [-0.4, -0.2) is 29.0 Å². The maximum absolute atomic E-state index is 14.1. The first kappa shape index (κ1) is 20.2. The first-order valence-electron chi connectivity index (χ1n) is 9.26. The highest BCUT2D eigenvalue weighted by Crippen LogP contribution is 2.66. The zero-order chi connectivity index (χ0) is 21.6. The van der Waals surface area contributed by atoms with Crippen LogP contribution in [0.25, 0.3) is 0 Å². The van der Waals surface area contributed by atoms with Crippen LogP contribution in [0.15, 0.2) is 47.0 Å². The standard InChI is InChI=1S/C22H21ClN2O3S/c1-6-20(4)15(23)10-13-17(26)21(20,24-11-29)12-8-7-9-14-16(12)22(28,19(13,2)3)18(27)25(14)5/h6-10,13,28H,1H2,2-5H3/t13-,20+,21?,22-/m0/s1. The SMILES string of the molecule is C=C[C@]1(C)C(Cl)=C[C@H]2C(=O)C1(N=C=S)c1cccc3c1[C@](O)(C(=O)N3C)C2(C)C. The van der Waals surface area contributed by atoms with Gasteiger partial charge in [-0.25, -0.2) is 4.99 Å². The molecule has 1 N–H and O–H groups in total. The number of aliphatic hydroxyl groups is 1. The predicted octanol–water partition coefficient (Wildman–Crippen LogP) is 3.70. The second-order valence-electron chi connectivity index (χ2n) is 8.67. The Kier molecular flexibility index (Phi) is 3.99. The van der Waals surface area contributed by atoms with Gasteiger partial charge in [0.05, 0.1) is 16.3 Å². The van der Waals surface area contributed by atoms with Gasteiger partial charge in [-0.1, -0.05) is 49.7 Å². The second kappa shape index (κ2) is 5.73. The molecule has 4 atom stereocenters. The van der Waals surface area contributed by atoms with Gasteiger partial charge in [0.15, 0.2) is 16.9 Å². The van der Waals surface area contributed by atoms with E-state index < -0.39 is 33.8 Å². The molecule has 7 heteroatoms. The highest BCUT2D eigenvalue weighted by Gasteiger charge is 2.72. The van der Waals surface area contributed by atoms with E-state index in [0.717, 1.165) is 0 Å². The molecule has 0 saturated heterocycles. The van der Waals surface area contributed by atoms with E-state index in [-0.39, 0.29) is 5.78 Å². The van der Waals surface area contributed by atoms with Crippen LogP contribution in [0.3, 0.4) is 0 Å². The minimum atomic E-state index is -1.94. The van der Waals surface area contributed by atoms with Crippen molar-refractivity contribution in [3.63, 3.8) is 0 Å². The van der Waals surface area contributed by atoms with Crippen molar-refractivity contribution in [2.75, 3.05) is 11.9 Å². The normalized spacial score (nSPS) is 36.7. The van der Waals surface area contributed by atoms with Gasteiger partial charge in [-0.2, -0.15) is 0 Å². The van der Waals surface area contributed by atoms with E-state index in [1.54, 1.807) is 58.2 Å². The fourth-order valence-corrected chi connectivity index (χ4v) is 5.80. The fourth-order valence-electron chi connectivity index (χ4n) is 5.33. The number of rotatable bonds is 2. The topological polar surface area (TPSA) is 70.0 Å². The van der Waals surface area contributed by atoms with Crippen LogP contribution in [0.1, 0.15) is 31.9 Å². The van der Waals surface area contributed by atoms with Crippen LogP contribution >= 0.6 is 23.8 Å². The summed E-state index contributed by atoms with van der Waals surface area (Å²) in [6, 6.07) is 5.19. The molecule has 0 fully saturated rings. The molecule has 4 rings (SSSR count). The quantitative estimate of drug-likeness (QED) is 0.443. The molecular formula is C22H21ClN2O3S. The number of hydrogen-bond donors (Lipinski definition) is 1. The number of carbonyl (C=O) groups excluding carboxylic acids is 2. The lowest BCUT2D eigenvalue weighted by Crippen LogP contribution is -2.57. The Labute approximate surface area is 179 Å². The molecular weight excluding hydrogens is 408 g/mol. The summed E-state index contributed by atoms with van der Waals surface area (Å²) in [5, 5.41) is 14.7. The number of allylic oxidation sites excluding steroid dienone is 1. The number of amides is 1. The van der Waals surface area contributed by atoms with Crippen molar-refractivity contribution in [1.29, 1.82) is 0 Å². The highest BCUT2D eigenvalue weighted by molar-refractivity contribution is 7.78. The molecule has 5 nitrogen and oxygen atoms in total. The van der Waals surface area contributed by atoms with Gasteiger partial charge in [0, 0.05) is 29.0 Å². The molecule has 150 valence electrons. The third-order valence-corrected chi connectivity index (χ3v) is 7.91. The second-order valence-corrected chi connectivity index (χ2v) is 9.26. The number of Topliss-reactive ketones (excluding diaryl/α,β-unsaturated/α-hetero) is 1. The molecule has 0 aromatic heterocycles. The smallest absolute Gasteiger partial charge is 0.264 e. The molecule has 29 heavy (non-hydrogen) atoms. The van der Waals surface area contributed by atoms with E-state index in [4.69, 9.17) is 23.8 Å². The summed E-state index contributed by atoms with van der Waals surface area (Å²) in [6.07, 6.45) is 3.20. The minimum absolute atomic E-state index is 0.293. The summed E-state index contributed by atoms with van der Waals surface area (Å²) in [5.74, 6) is -1.66. The Bertz CT molecular complexity index is 1090. The molecule has 1 aromatic rings. The monoisotopic (exact) mass is 428 g/mol. The van der Waals surface area contributed by atoms with Crippen molar-refractivity contribution in [1.82, 2.24) is 0 Å². The van der Waals surface area contributed by atoms with Crippen LogP contribution in [-0.2, 0) is 20.7 Å². The first-order chi connectivity index (χ1) is 13.5. The van der Waals surface area contributed by atoms with Crippen LogP contribution in [0, 0.1) is 16.7 Å². The summed E-state index contributed by atoms with van der Waals surface area (Å²) in [4.78, 5) is 33.3. The number of fused-ring (bicyclic) bond motifs is 3. The van der Waals surface area contributed by atoms with Gasteiger partial charge in [-0.3, -0.25) is 9.59 Å². The summed E-state index contributed by atoms with van der Waals surface area (Å²) >= 11 is 11.7. The van der Waals surface area contributed by atoms with E-state index >= 15 is 0 Å². The maximum atomic E-state index is 14.1. The Morgan fingerprint density at radius 1 is 1.34 bits per heavy atom. The third-order valence-electron chi connectivity index (χ3n) is 7.30. The molecule has 2 bridgehead atoms. The van der Waals surface area contributed by atoms with E-state index in [2.05, 4.69) is 16.7 Å². The van der Waals surface area contributed by atoms with Crippen LogP contribution in [0.4, 0.5) is 5.69 Å². The molecule has 1 amide bonds. The highest BCUT2D eigenvalue weighted by atomic mass is 35.5. The number of hydrogen-bond acceptors (Lipinski definition) is 5. The van der Waals surface area contributed by atoms with Gasteiger partial charge in [-0.15, -0.1) is 6.58 Å². The molecule has 0 saturated carbocycles. The number of thiocarbonyl (C=S) groups is 1. The summed E-state index contributed by atoms with van der Waals surface area (Å²) in [6.45, 7) is 9.10. The average Bonchev–Trinajstić information content (AvgIpc) is 2.88. The van der Waals surface area contributed by atoms with E-state index in [1.807, 2.05) is 0 Å². The summed E-state index contributed by atoms with van der Waals surface area (Å²) in [5.41, 5.74) is -4.55. The largest absolute Gasteiger partial charge is 0.375 e. The Morgan fingerprint density at radius 3 is 2.59 bits per heavy atom. The first-order valence-corrected chi connectivity index (χ1v) is 10.0. The van der Waals surface area contributed by atoms with Crippen molar-refractivity contribution in [3.05, 3.63) is 53.1 Å². The summed E-state index contributed by atoms with van der Waals surface area (Å²) in [7, 11) is 1.61. The van der Waals surface area contributed by atoms with Crippen LogP contribution in [0.2, 0.25) is 0 Å². The summed E-state index contributed by atoms with van der Waals surface area (Å²) < 4.78 is 0. The van der Waals surface area contributed by atoms with Gasteiger partial charge >= 0.3 is 0 Å². The molecule has 3 aliphatic rings. The Balaban J connectivity index is 2.33. The number of nitrogens with zero attached hydrogens (tertiary/aromatic N) is 2. The zero-order valence-corrected chi connectivity index (χ0v) is 18.2. The van der Waals surface area contributed by atoms with Crippen molar-refractivity contribution in [2.45, 2.75) is 31.9 Å². The third kappa shape index (κ3) is 1.87. The molecule has 1 aromatic carbocycles. The van der Waals surface area contributed by atoms with Gasteiger partial charge < -0.3 is 10.0 Å². The lowest BCUT2D eigenvalue weighted by Gasteiger charge is -2.48. The number of carbonyl (C=O) groups is 2. The number of halogens is 1. The number of benzene rings is 1. The van der Waals surface area contributed by atoms with Crippen molar-refractivity contribution < 1.29 is 14.7 Å². The minimum Gasteiger partial charge on any atom is -0.375 e. The molecule has 0 radical (unpaired) electrons. The van der Waals surface area contributed by atoms with Gasteiger partial charge in [0.2, 0.25) is 0 Å². The van der Waals surface area contributed by atoms with Gasteiger partial charge in [0.1, 0.15) is 0 Å². The van der Waals surface area contributed by atoms with Crippen LogP contribution in [0.5, 0.6) is 0 Å². The lowest BCUT2D eigenvalue weighted by atomic mass is 9.56. The number of likely N-dealkylation sites (N-methyl/N-ethyl adjacent to an activating group) is 1. The average molecular weight is 429 g/mol. The van der Waals surface area contributed by atoms with Crippen molar-refractivity contribution in [3.8, 4) is 0 Å². The van der Waals surface area contributed by atoms with E-state index in [9.17, 15) is 14.7 Å². The fraction of sp³-hybridized carbons (Fsp3) is 0.409. The van der Waals surface area contributed by atoms with Gasteiger partial charge in [-0.05, 0) is 30.8 Å². The molecule has 1 heterocycles. The van der Waals surface area contributed by atoms with Gasteiger partial charge in [0.25, 0.3) is 5.91 Å². The number of isothiocyanates is 1. The Hall–Kier alpha value is -2.11. The Morgan fingerprint density at radius 2 is 2.00 bits per heavy atom. The van der Waals surface area contributed by atoms with Crippen molar-refractivity contribution in [2.24, 2.45) is 21.7 Å². The molecule has 0 spiro atoms. The van der Waals surface area contributed by atoms with E-state index in [0.29, 0.717) is 21.8 Å². The lowest BCUT2D eigenvalue weighted by molar-refractivity contribution is -0.158. The van der Waals surface area contributed by atoms with Crippen molar-refractivity contribution >= 4 is 46.4 Å². The zero-order valence-electron chi connectivity index (χ0n) is 16.6. The number of anilines is 1. The molecule has 2 aliphatic carbocycles. The molecule has 1 aliphatic heterocycles. The van der Waals surface area contributed by atoms with Crippen LogP contribution < -0.4 is 4.90 Å².